The van der Waals surface area contributed by atoms with Gasteiger partial charge in [-0.15, -0.1) is 0 Å². The average molecular weight is 498 g/mol. The number of aromatic nitrogens is 1. The molecule has 3 amide bonds. The maximum absolute atomic E-state index is 13.3. The number of hydrogen-bond acceptors (Lipinski definition) is 7. The minimum Gasteiger partial charge on any atom is -0.343 e. The number of pyridine rings is 1. The molecule has 1 aromatic heterocycles. The second-order valence-electron chi connectivity index (χ2n) is 9.48. The first-order valence-corrected chi connectivity index (χ1v) is 12.8. The van der Waals surface area contributed by atoms with Gasteiger partial charge in [0.15, 0.2) is 0 Å². The van der Waals surface area contributed by atoms with E-state index in [1.54, 1.807) is 6.20 Å². The number of amides is 3. The molecule has 0 aliphatic heterocycles. The van der Waals surface area contributed by atoms with E-state index in [2.05, 4.69) is 15.6 Å². The molecule has 2 aromatic rings. The Morgan fingerprint density at radius 2 is 1.72 bits per heavy atom. The maximum atomic E-state index is 13.3. The van der Waals surface area contributed by atoms with Crippen LogP contribution in [0.5, 0.6) is 0 Å². The van der Waals surface area contributed by atoms with Crippen molar-refractivity contribution >= 4 is 34.3 Å². The van der Waals surface area contributed by atoms with Crippen LogP contribution >= 0.6 is 0 Å². The first-order chi connectivity index (χ1) is 17.4. The zero-order chi connectivity index (χ0) is 25.9. The molecule has 196 valence electrons. The first-order valence-electron chi connectivity index (χ1n) is 12.8. The summed E-state index contributed by atoms with van der Waals surface area (Å²) in [7, 11) is 0. The van der Waals surface area contributed by atoms with Crippen LogP contribution in [0.15, 0.2) is 36.5 Å². The molecule has 1 heterocycles. The molecule has 2 unspecified atom stereocenters. The summed E-state index contributed by atoms with van der Waals surface area (Å²) in [6.07, 6.45) is 7.42. The van der Waals surface area contributed by atoms with Crippen molar-refractivity contribution in [2.24, 2.45) is 23.1 Å². The average Bonchev–Trinajstić information content (AvgIpc) is 2.88. The molecule has 36 heavy (non-hydrogen) atoms. The molecule has 1 aromatic carbocycles. The Morgan fingerprint density at radius 3 is 2.42 bits per heavy atom. The Morgan fingerprint density at radius 1 is 1.03 bits per heavy atom. The zero-order valence-corrected chi connectivity index (χ0v) is 20.8. The second kappa shape index (κ2) is 13.9. The lowest BCUT2D eigenvalue weighted by Crippen LogP contribution is -2.52. The molecule has 0 bridgehead atoms. The van der Waals surface area contributed by atoms with Crippen molar-refractivity contribution in [2.45, 2.75) is 57.0 Å². The fraction of sp³-hybridized carbons (Fsp3) is 0.538. The fourth-order valence-corrected chi connectivity index (χ4v) is 4.72. The molecule has 1 aliphatic rings. The Labute approximate surface area is 212 Å². The van der Waals surface area contributed by atoms with Crippen LogP contribution in [0.4, 0.5) is 5.69 Å². The fourth-order valence-electron chi connectivity index (χ4n) is 4.72. The Bertz CT molecular complexity index is 1020. The smallest absolute Gasteiger partial charge is 0.247 e. The molecule has 2 atom stereocenters. The predicted molar refractivity (Wildman–Crippen MR) is 141 cm³/mol. The molecule has 1 aliphatic carbocycles. The van der Waals surface area contributed by atoms with Gasteiger partial charge in [0, 0.05) is 31.6 Å². The van der Waals surface area contributed by atoms with E-state index in [1.165, 1.54) is 11.3 Å². The van der Waals surface area contributed by atoms with E-state index in [0.717, 1.165) is 36.6 Å². The second-order valence-corrected chi connectivity index (χ2v) is 9.48. The van der Waals surface area contributed by atoms with Crippen molar-refractivity contribution in [3.05, 3.63) is 36.5 Å². The van der Waals surface area contributed by atoms with Crippen LogP contribution < -0.4 is 27.8 Å². The highest BCUT2D eigenvalue weighted by Crippen LogP contribution is 2.28. The van der Waals surface area contributed by atoms with Gasteiger partial charge in [-0.25, -0.2) is 0 Å². The summed E-state index contributed by atoms with van der Waals surface area (Å²) in [4.78, 5) is 44.7. The molecule has 1 fully saturated rings. The number of rotatable bonds is 12. The summed E-state index contributed by atoms with van der Waals surface area (Å²) in [6.45, 7) is 1.27. The quantitative estimate of drug-likeness (QED) is 0.292. The van der Waals surface area contributed by atoms with Crippen molar-refractivity contribution < 1.29 is 14.4 Å². The van der Waals surface area contributed by atoms with Crippen LogP contribution in [0.25, 0.3) is 10.9 Å². The number of nitrogens with one attached hydrogen (secondary N) is 2. The van der Waals surface area contributed by atoms with Gasteiger partial charge in [0.2, 0.25) is 17.7 Å². The maximum Gasteiger partial charge on any atom is 0.247 e. The van der Waals surface area contributed by atoms with Gasteiger partial charge in [0.25, 0.3) is 0 Å². The first kappa shape index (κ1) is 27.5. The number of carbonyl (C=O) groups excluding carboxylic acids is 3. The highest BCUT2D eigenvalue weighted by Gasteiger charge is 2.29. The van der Waals surface area contributed by atoms with Crippen LogP contribution in [0.1, 0.15) is 44.9 Å². The molecule has 0 saturated heterocycles. The normalized spacial score (nSPS) is 15.8. The topological polar surface area (TPSA) is 169 Å². The lowest BCUT2D eigenvalue weighted by Gasteiger charge is -2.28. The Kier molecular flexibility index (Phi) is 10.6. The molecule has 0 spiro atoms. The summed E-state index contributed by atoms with van der Waals surface area (Å²) >= 11 is 0. The molecule has 10 heteroatoms. The molecule has 10 nitrogen and oxygen atoms in total. The lowest BCUT2D eigenvalue weighted by molar-refractivity contribution is -0.134. The van der Waals surface area contributed by atoms with Crippen molar-refractivity contribution in [1.82, 2.24) is 15.2 Å². The molecular weight excluding hydrogens is 458 g/mol. The zero-order valence-electron chi connectivity index (χ0n) is 20.8. The third-order valence-corrected chi connectivity index (χ3v) is 6.67. The molecule has 3 rings (SSSR count). The standard InChI is InChI=1S/C26H39N7O3/c27-10-12-33(13-11-28)24(34)16-21(29)25(35)32-23(14-18-6-2-1-3-7-18)26(36)31-20-15-19-8-4-5-9-22(19)30-17-20/h4-5,8-9,15,17-18,21,23H,1-3,6-7,10-14,16,27-29H2,(H,31,36)(H,32,35). The third-order valence-electron chi connectivity index (χ3n) is 6.67. The Balaban J connectivity index is 1.67. The van der Waals surface area contributed by atoms with Gasteiger partial charge in [-0.1, -0.05) is 50.3 Å². The van der Waals surface area contributed by atoms with Gasteiger partial charge >= 0.3 is 0 Å². The van der Waals surface area contributed by atoms with E-state index in [9.17, 15) is 14.4 Å². The molecule has 8 N–H and O–H groups in total. The number of anilines is 1. The van der Waals surface area contributed by atoms with E-state index in [0.29, 0.717) is 44.2 Å². The SMILES string of the molecule is NCCN(CCN)C(=O)CC(N)C(=O)NC(CC1CCCCC1)C(=O)Nc1cnc2ccccc2c1. The van der Waals surface area contributed by atoms with Crippen LogP contribution in [-0.2, 0) is 14.4 Å². The molecule has 0 radical (unpaired) electrons. The number of para-hydroxylation sites is 1. The predicted octanol–water partition coefficient (Wildman–Crippen LogP) is 1.09. The van der Waals surface area contributed by atoms with Gasteiger partial charge in [-0.2, -0.15) is 0 Å². The van der Waals surface area contributed by atoms with Crippen molar-refractivity contribution in [1.29, 1.82) is 0 Å². The van der Waals surface area contributed by atoms with E-state index in [1.807, 2.05) is 30.3 Å². The van der Waals surface area contributed by atoms with Crippen LogP contribution in [-0.4, -0.2) is 65.9 Å². The number of fused-ring (bicyclic) bond motifs is 1. The highest BCUT2D eigenvalue weighted by molar-refractivity contribution is 5.99. The van der Waals surface area contributed by atoms with Crippen molar-refractivity contribution in [3.63, 3.8) is 0 Å². The van der Waals surface area contributed by atoms with E-state index in [-0.39, 0.29) is 18.2 Å². The number of benzene rings is 1. The summed E-state index contributed by atoms with van der Waals surface area (Å²) in [5.41, 5.74) is 18.6. The van der Waals surface area contributed by atoms with E-state index < -0.39 is 18.0 Å². The number of nitrogens with two attached hydrogens (primary N) is 3. The largest absolute Gasteiger partial charge is 0.343 e. The third kappa shape index (κ3) is 7.97. The Hall–Kier alpha value is -3.08. The van der Waals surface area contributed by atoms with Crippen LogP contribution in [0.3, 0.4) is 0 Å². The highest BCUT2D eigenvalue weighted by atomic mass is 16.2. The number of nitrogens with zero attached hydrogens (tertiary/aromatic N) is 2. The summed E-state index contributed by atoms with van der Waals surface area (Å²) in [5, 5.41) is 6.62. The van der Waals surface area contributed by atoms with Crippen molar-refractivity contribution in [2.75, 3.05) is 31.5 Å². The van der Waals surface area contributed by atoms with Gasteiger partial charge in [0.1, 0.15) is 6.04 Å². The lowest BCUT2D eigenvalue weighted by atomic mass is 9.84. The summed E-state index contributed by atoms with van der Waals surface area (Å²) < 4.78 is 0. The minimum atomic E-state index is -1.08. The van der Waals surface area contributed by atoms with Crippen molar-refractivity contribution in [3.8, 4) is 0 Å². The summed E-state index contributed by atoms with van der Waals surface area (Å²) in [6, 6.07) is 7.64. The molecule has 1 saturated carbocycles. The molecular formula is C26H39N7O3. The van der Waals surface area contributed by atoms with Crippen LogP contribution in [0.2, 0.25) is 0 Å². The van der Waals surface area contributed by atoms with Gasteiger partial charge < -0.3 is 32.7 Å². The minimum absolute atomic E-state index is 0.182. The van der Waals surface area contributed by atoms with Gasteiger partial charge in [-0.3, -0.25) is 19.4 Å². The van der Waals surface area contributed by atoms with E-state index in [4.69, 9.17) is 17.2 Å². The van der Waals surface area contributed by atoms with Crippen LogP contribution in [0, 0.1) is 5.92 Å². The van der Waals surface area contributed by atoms with Gasteiger partial charge in [-0.05, 0) is 24.5 Å². The van der Waals surface area contributed by atoms with E-state index >= 15 is 0 Å². The van der Waals surface area contributed by atoms with Gasteiger partial charge in [0.05, 0.1) is 29.9 Å². The summed E-state index contributed by atoms with van der Waals surface area (Å²) in [5.74, 6) is -0.801. The number of hydrogen-bond donors (Lipinski definition) is 5. The number of carbonyl (C=O) groups is 3. The monoisotopic (exact) mass is 497 g/mol.